The molecule has 116 valence electrons. The Bertz CT molecular complexity index is 730. The number of carbonyl (C=O) groups is 2. The van der Waals surface area contributed by atoms with E-state index in [0.29, 0.717) is 10.8 Å². The van der Waals surface area contributed by atoms with E-state index in [1.807, 2.05) is 0 Å². The van der Waals surface area contributed by atoms with Crippen LogP contribution in [0.4, 0.5) is 10.1 Å². The average Bonchev–Trinajstić information content (AvgIpc) is 2.75. The molecular weight excluding hydrogens is 307 g/mol. The van der Waals surface area contributed by atoms with Crippen LogP contribution < -0.4 is 5.32 Å². The molecule has 0 spiro atoms. The van der Waals surface area contributed by atoms with Crippen molar-refractivity contribution < 1.29 is 14.0 Å². The highest BCUT2D eigenvalue weighted by Crippen LogP contribution is 2.20. The fourth-order valence-corrected chi connectivity index (χ4v) is 2.58. The van der Waals surface area contributed by atoms with E-state index in [4.69, 9.17) is 0 Å². The van der Waals surface area contributed by atoms with Gasteiger partial charge in [-0.05, 0) is 25.1 Å². The number of aromatic nitrogens is 3. The lowest BCUT2D eigenvalue weighted by molar-refractivity contribution is -0.114. The lowest BCUT2D eigenvalue weighted by Gasteiger charge is -2.06. The number of amides is 1. The van der Waals surface area contributed by atoms with E-state index in [1.165, 1.54) is 30.8 Å². The summed E-state index contributed by atoms with van der Waals surface area (Å²) in [5.41, 5.74) is 0.304. The van der Waals surface area contributed by atoms with Crippen molar-refractivity contribution in [2.24, 2.45) is 7.05 Å². The summed E-state index contributed by atoms with van der Waals surface area (Å²) in [6.07, 6.45) is 0. The quantitative estimate of drug-likeness (QED) is 0.674. The molecule has 1 amide bonds. The van der Waals surface area contributed by atoms with Gasteiger partial charge in [0.2, 0.25) is 5.91 Å². The number of benzene rings is 1. The van der Waals surface area contributed by atoms with Gasteiger partial charge in [-0.2, -0.15) is 0 Å². The number of Topliss-reactive ketones (excluding diaryl/α,β-unsaturated/α-hetero) is 1. The summed E-state index contributed by atoms with van der Waals surface area (Å²) in [7, 11) is 1.80. The number of aryl methyl sites for hydroxylation is 1. The number of anilines is 1. The first-order valence-electron chi connectivity index (χ1n) is 6.47. The SMILES string of the molecule is CC(=O)Nc1ccc(C(=O)CSc2nnc(C)n2C)c(F)c1. The summed E-state index contributed by atoms with van der Waals surface area (Å²) >= 11 is 1.20. The van der Waals surface area contributed by atoms with Crippen molar-refractivity contribution in [2.45, 2.75) is 19.0 Å². The number of ketones is 1. The van der Waals surface area contributed by atoms with Crippen molar-refractivity contribution in [1.29, 1.82) is 0 Å². The van der Waals surface area contributed by atoms with Crippen molar-refractivity contribution in [3.05, 3.63) is 35.4 Å². The topological polar surface area (TPSA) is 76.9 Å². The van der Waals surface area contributed by atoms with Gasteiger partial charge in [0.05, 0.1) is 11.3 Å². The number of rotatable bonds is 5. The van der Waals surface area contributed by atoms with Crippen LogP contribution in [0.5, 0.6) is 0 Å². The molecule has 0 fully saturated rings. The number of halogens is 1. The lowest BCUT2D eigenvalue weighted by Crippen LogP contribution is -2.09. The maximum Gasteiger partial charge on any atom is 0.221 e. The highest BCUT2D eigenvalue weighted by atomic mass is 32.2. The number of hydrogen-bond donors (Lipinski definition) is 1. The third-order valence-electron chi connectivity index (χ3n) is 2.97. The van der Waals surface area contributed by atoms with Crippen LogP contribution in [0.2, 0.25) is 0 Å². The van der Waals surface area contributed by atoms with E-state index in [0.717, 1.165) is 11.9 Å². The van der Waals surface area contributed by atoms with Crippen molar-refractivity contribution in [3.63, 3.8) is 0 Å². The van der Waals surface area contributed by atoms with Crippen LogP contribution in [-0.4, -0.2) is 32.2 Å². The predicted octanol–water partition coefficient (Wildman–Crippen LogP) is 2.20. The van der Waals surface area contributed by atoms with Gasteiger partial charge in [0.25, 0.3) is 0 Å². The molecule has 6 nitrogen and oxygen atoms in total. The maximum atomic E-state index is 13.9. The Balaban J connectivity index is 2.06. The Morgan fingerprint density at radius 1 is 1.36 bits per heavy atom. The molecule has 0 unspecified atom stereocenters. The third kappa shape index (κ3) is 3.70. The Morgan fingerprint density at radius 3 is 2.64 bits per heavy atom. The van der Waals surface area contributed by atoms with E-state index in [1.54, 1.807) is 18.5 Å². The van der Waals surface area contributed by atoms with Crippen molar-refractivity contribution in [3.8, 4) is 0 Å². The van der Waals surface area contributed by atoms with E-state index < -0.39 is 5.82 Å². The highest BCUT2D eigenvalue weighted by molar-refractivity contribution is 7.99. The van der Waals surface area contributed by atoms with Crippen LogP contribution in [0, 0.1) is 12.7 Å². The van der Waals surface area contributed by atoms with Gasteiger partial charge >= 0.3 is 0 Å². The Kier molecular flexibility index (Phi) is 4.92. The molecular formula is C14H15FN4O2S. The second-order valence-corrected chi connectivity index (χ2v) is 5.62. The third-order valence-corrected chi connectivity index (χ3v) is 4.00. The number of nitrogens with zero attached hydrogens (tertiary/aromatic N) is 3. The minimum atomic E-state index is -0.661. The summed E-state index contributed by atoms with van der Waals surface area (Å²) in [6, 6.07) is 3.99. The van der Waals surface area contributed by atoms with Gasteiger partial charge in [0, 0.05) is 19.7 Å². The summed E-state index contributed by atoms with van der Waals surface area (Å²) in [4.78, 5) is 23.0. The normalized spacial score (nSPS) is 10.5. The number of thioether (sulfide) groups is 1. The number of carbonyl (C=O) groups excluding carboxylic acids is 2. The summed E-state index contributed by atoms with van der Waals surface area (Å²) in [6.45, 7) is 3.13. The molecule has 0 atom stereocenters. The minimum Gasteiger partial charge on any atom is -0.326 e. The standard InChI is InChI=1S/C14H15FN4O2S/c1-8-17-18-14(19(8)3)22-7-13(21)11-5-4-10(6-12(11)15)16-9(2)20/h4-6H,7H2,1-3H3,(H,16,20). The van der Waals surface area contributed by atoms with Crippen LogP contribution >= 0.6 is 11.8 Å². The van der Waals surface area contributed by atoms with Gasteiger partial charge in [0.15, 0.2) is 10.9 Å². The average molecular weight is 322 g/mol. The minimum absolute atomic E-state index is 0.0134. The van der Waals surface area contributed by atoms with Gasteiger partial charge in [-0.25, -0.2) is 4.39 Å². The fraction of sp³-hybridized carbons (Fsp3) is 0.286. The monoisotopic (exact) mass is 322 g/mol. The van der Waals surface area contributed by atoms with E-state index >= 15 is 0 Å². The maximum absolute atomic E-state index is 13.9. The molecule has 1 aromatic heterocycles. The van der Waals surface area contributed by atoms with Crippen molar-refractivity contribution in [1.82, 2.24) is 14.8 Å². The Hall–Kier alpha value is -2.22. The van der Waals surface area contributed by atoms with Crippen LogP contribution in [0.15, 0.2) is 23.4 Å². The Morgan fingerprint density at radius 2 is 2.09 bits per heavy atom. The molecule has 0 saturated heterocycles. The molecule has 1 heterocycles. The molecule has 0 aliphatic carbocycles. The van der Waals surface area contributed by atoms with Gasteiger partial charge in [-0.1, -0.05) is 11.8 Å². The van der Waals surface area contributed by atoms with E-state index in [2.05, 4.69) is 15.5 Å². The largest absolute Gasteiger partial charge is 0.326 e. The van der Waals surface area contributed by atoms with Gasteiger partial charge in [-0.15, -0.1) is 10.2 Å². The summed E-state index contributed by atoms with van der Waals surface area (Å²) in [5.74, 6) is -0.515. The van der Waals surface area contributed by atoms with Gasteiger partial charge in [0.1, 0.15) is 11.6 Å². The molecule has 0 saturated carbocycles. The smallest absolute Gasteiger partial charge is 0.221 e. The second kappa shape index (κ2) is 6.69. The molecule has 22 heavy (non-hydrogen) atoms. The molecule has 1 aromatic carbocycles. The second-order valence-electron chi connectivity index (χ2n) is 4.68. The highest BCUT2D eigenvalue weighted by Gasteiger charge is 2.15. The Labute approximate surface area is 131 Å². The molecule has 0 aliphatic heterocycles. The predicted molar refractivity (Wildman–Crippen MR) is 81.5 cm³/mol. The molecule has 1 N–H and O–H groups in total. The van der Waals surface area contributed by atoms with Crippen molar-refractivity contribution in [2.75, 3.05) is 11.1 Å². The number of nitrogens with one attached hydrogen (secondary N) is 1. The summed E-state index contributed by atoms with van der Waals surface area (Å²) in [5, 5.41) is 10.9. The first-order valence-corrected chi connectivity index (χ1v) is 7.46. The van der Waals surface area contributed by atoms with Gasteiger partial charge in [-0.3, -0.25) is 9.59 Å². The van der Waals surface area contributed by atoms with Crippen LogP contribution in [0.3, 0.4) is 0 Å². The van der Waals surface area contributed by atoms with Crippen LogP contribution in [-0.2, 0) is 11.8 Å². The van der Waals surface area contributed by atoms with Crippen LogP contribution in [0.25, 0.3) is 0 Å². The van der Waals surface area contributed by atoms with E-state index in [9.17, 15) is 14.0 Å². The molecule has 2 aromatic rings. The molecule has 0 radical (unpaired) electrons. The first-order chi connectivity index (χ1) is 10.4. The zero-order valence-electron chi connectivity index (χ0n) is 12.4. The zero-order valence-corrected chi connectivity index (χ0v) is 13.2. The zero-order chi connectivity index (χ0) is 16.3. The lowest BCUT2D eigenvalue weighted by atomic mass is 10.1. The molecule has 8 heteroatoms. The number of hydrogen-bond acceptors (Lipinski definition) is 5. The summed E-state index contributed by atoms with van der Waals surface area (Å²) < 4.78 is 15.7. The van der Waals surface area contributed by atoms with E-state index in [-0.39, 0.29) is 23.0 Å². The fourth-order valence-electron chi connectivity index (χ4n) is 1.74. The van der Waals surface area contributed by atoms with Gasteiger partial charge < -0.3 is 9.88 Å². The van der Waals surface area contributed by atoms with Crippen LogP contribution in [0.1, 0.15) is 23.1 Å². The van der Waals surface area contributed by atoms with Crippen molar-refractivity contribution >= 4 is 29.1 Å². The molecule has 0 bridgehead atoms. The molecule has 2 rings (SSSR count). The first kappa shape index (κ1) is 16.2. The molecule has 0 aliphatic rings.